The molecule has 0 bridgehead atoms. The number of aryl methyl sites for hydroxylation is 2. The maximum absolute atomic E-state index is 12.8. The number of nitrogen functional groups attached to an aromatic ring is 1. The first-order chi connectivity index (χ1) is 9.34. The van der Waals surface area contributed by atoms with Crippen molar-refractivity contribution in [1.82, 2.24) is 0 Å². The van der Waals surface area contributed by atoms with Crippen LogP contribution in [0.25, 0.3) is 0 Å². The number of nitrogens with two attached hydrogens (primary N) is 1. The third kappa shape index (κ3) is 2.49. The minimum Gasteiger partial charge on any atom is -0.399 e. The van der Waals surface area contributed by atoms with Crippen LogP contribution < -0.4 is 10.0 Å². The van der Waals surface area contributed by atoms with Crippen LogP contribution in [0.15, 0.2) is 47.4 Å². The van der Waals surface area contributed by atoms with E-state index in [4.69, 9.17) is 5.73 Å². The van der Waals surface area contributed by atoms with Crippen LogP contribution in [-0.2, 0) is 10.0 Å². The summed E-state index contributed by atoms with van der Waals surface area (Å²) < 4.78 is 26.8. The minimum absolute atomic E-state index is 0.318. The number of para-hydroxylation sites is 1. The molecular formula is C15H18N2O2S. The molecule has 0 fully saturated rings. The molecule has 5 heteroatoms. The van der Waals surface area contributed by atoms with E-state index in [0.717, 1.165) is 0 Å². The van der Waals surface area contributed by atoms with Crippen molar-refractivity contribution in [2.45, 2.75) is 18.7 Å². The molecule has 0 aliphatic carbocycles. The highest BCUT2D eigenvalue weighted by Gasteiger charge is 2.25. The van der Waals surface area contributed by atoms with Crippen LogP contribution in [0.3, 0.4) is 0 Å². The van der Waals surface area contributed by atoms with Gasteiger partial charge in [-0.15, -0.1) is 0 Å². The Morgan fingerprint density at radius 2 is 1.50 bits per heavy atom. The maximum Gasteiger partial charge on any atom is 0.264 e. The fourth-order valence-corrected chi connectivity index (χ4v) is 3.91. The van der Waals surface area contributed by atoms with Crippen LogP contribution >= 0.6 is 0 Å². The topological polar surface area (TPSA) is 63.4 Å². The minimum atomic E-state index is -3.59. The van der Waals surface area contributed by atoms with E-state index in [9.17, 15) is 8.42 Å². The van der Waals surface area contributed by atoms with Gasteiger partial charge in [0.1, 0.15) is 0 Å². The van der Waals surface area contributed by atoms with Gasteiger partial charge in [0.15, 0.2) is 0 Å². The molecule has 2 aromatic rings. The lowest BCUT2D eigenvalue weighted by molar-refractivity contribution is 0.593. The number of benzene rings is 2. The quantitative estimate of drug-likeness (QED) is 0.884. The van der Waals surface area contributed by atoms with Gasteiger partial charge in [-0.3, -0.25) is 4.31 Å². The summed E-state index contributed by atoms with van der Waals surface area (Å²) in [5.41, 5.74) is 8.26. The molecule has 2 aromatic carbocycles. The molecule has 106 valence electrons. The van der Waals surface area contributed by atoms with Crippen molar-refractivity contribution in [2.24, 2.45) is 0 Å². The van der Waals surface area contributed by atoms with Crippen LogP contribution in [0.5, 0.6) is 0 Å². The van der Waals surface area contributed by atoms with E-state index in [1.165, 1.54) is 4.31 Å². The maximum atomic E-state index is 12.8. The molecule has 0 aliphatic rings. The predicted octanol–water partition coefficient (Wildman–Crippen LogP) is 2.71. The first-order valence-electron chi connectivity index (χ1n) is 6.24. The van der Waals surface area contributed by atoms with Crippen LogP contribution in [-0.4, -0.2) is 15.5 Å². The standard InChI is InChI=1S/C15H18N2O2S/c1-11-9-13(16)10-12(2)15(11)20(18,19)17(3)14-7-5-4-6-8-14/h4-10H,16H2,1-3H3. The van der Waals surface area contributed by atoms with Gasteiger partial charge in [-0.05, 0) is 49.2 Å². The Hall–Kier alpha value is -2.01. The molecule has 0 aliphatic heterocycles. The molecule has 0 atom stereocenters. The molecule has 0 aromatic heterocycles. The van der Waals surface area contributed by atoms with Crippen LogP contribution in [0, 0.1) is 13.8 Å². The van der Waals surface area contributed by atoms with Crippen LogP contribution in [0.2, 0.25) is 0 Å². The first-order valence-corrected chi connectivity index (χ1v) is 7.68. The van der Waals surface area contributed by atoms with Gasteiger partial charge >= 0.3 is 0 Å². The van der Waals surface area contributed by atoms with Gasteiger partial charge in [0.2, 0.25) is 0 Å². The fraction of sp³-hybridized carbons (Fsp3) is 0.200. The van der Waals surface area contributed by atoms with Crippen molar-refractivity contribution >= 4 is 21.4 Å². The fourth-order valence-electron chi connectivity index (χ4n) is 2.30. The number of hydrogen-bond donors (Lipinski definition) is 1. The monoisotopic (exact) mass is 290 g/mol. The normalized spacial score (nSPS) is 11.3. The van der Waals surface area contributed by atoms with E-state index in [2.05, 4.69) is 0 Å². The van der Waals surface area contributed by atoms with Crippen molar-refractivity contribution < 1.29 is 8.42 Å². The second-order valence-electron chi connectivity index (χ2n) is 4.79. The Morgan fingerprint density at radius 3 is 2.00 bits per heavy atom. The lowest BCUT2D eigenvalue weighted by atomic mass is 10.1. The van der Waals surface area contributed by atoms with Crippen molar-refractivity contribution in [3.8, 4) is 0 Å². The molecule has 0 saturated carbocycles. The second kappa shape index (κ2) is 5.17. The Morgan fingerprint density at radius 1 is 1.00 bits per heavy atom. The lowest BCUT2D eigenvalue weighted by Crippen LogP contribution is -2.27. The summed E-state index contributed by atoms with van der Waals surface area (Å²) in [4.78, 5) is 0.318. The summed E-state index contributed by atoms with van der Waals surface area (Å²) in [6.07, 6.45) is 0. The van der Waals surface area contributed by atoms with Crippen molar-refractivity contribution in [1.29, 1.82) is 0 Å². The molecule has 0 saturated heterocycles. The highest BCUT2D eigenvalue weighted by Crippen LogP contribution is 2.28. The van der Waals surface area contributed by atoms with Gasteiger partial charge in [-0.2, -0.15) is 0 Å². The molecule has 4 nitrogen and oxygen atoms in total. The molecule has 2 rings (SSSR count). The zero-order valence-electron chi connectivity index (χ0n) is 11.8. The smallest absolute Gasteiger partial charge is 0.264 e. The van der Waals surface area contributed by atoms with Crippen LogP contribution in [0.1, 0.15) is 11.1 Å². The Balaban J connectivity index is 2.57. The predicted molar refractivity (Wildman–Crippen MR) is 82.4 cm³/mol. The van der Waals surface area contributed by atoms with Gasteiger partial charge < -0.3 is 5.73 Å². The number of anilines is 2. The third-order valence-electron chi connectivity index (χ3n) is 3.22. The molecule has 0 amide bonds. The third-order valence-corrected chi connectivity index (χ3v) is 5.31. The Bertz CT molecular complexity index is 702. The summed E-state index contributed by atoms with van der Waals surface area (Å²) in [6, 6.07) is 12.4. The van der Waals surface area contributed by atoms with Crippen molar-refractivity contribution in [3.63, 3.8) is 0 Å². The summed E-state index contributed by atoms with van der Waals surface area (Å²) in [5, 5.41) is 0. The van der Waals surface area contributed by atoms with E-state index in [1.807, 2.05) is 18.2 Å². The molecular weight excluding hydrogens is 272 g/mol. The number of sulfonamides is 1. The highest BCUT2D eigenvalue weighted by atomic mass is 32.2. The van der Waals surface area contributed by atoms with E-state index in [-0.39, 0.29) is 0 Å². The van der Waals surface area contributed by atoms with E-state index in [1.54, 1.807) is 45.2 Å². The zero-order valence-corrected chi connectivity index (χ0v) is 12.6. The summed E-state index contributed by atoms with van der Waals surface area (Å²) in [6.45, 7) is 3.52. The number of rotatable bonds is 3. The summed E-state index contributed by atoms with van der Waals surface area (Å²) >= 11 is 0. The van der Waals surface area contributed by atoms with E-state index < -0.39 is 10.0 Å². The van der Waals surface area contributed by atoms with Gasteiger partial charge in [0.25, 0.3) is 10.0 Å². The largest absolute Gasteiger partial charge is 0.399 e. The zero-order chi connectivity index (χ0) is 14.9. The second-order valence-corrected chi connectivity index (χ2v) is 6.70. The average Bonchev–Trinajstić information content (AvgIpc) is 2.37. The first kappa shape index (κ1) is 14.4. The SMILES string of the molecule is Cc1cc(N)cc(C)c1S(=O)(=O)N(C)c1ccccc1. The van der Waals surface area contributed by atoms with Crippen LogP contribution in [0.4, 0.5) is 11.4 Å². The van der Waals surface area contributed by atoms with Crippen molar-refractivity contribution in [3.05, 3.63) is 53.6 Å². The molecule has 0 unspecified atom stereocenters. The highest BCUT2D eigenvalue weighted by molar-refractivity contribution is 7.92. The summed E-state index contributed by atoms with van der Waals surface area (Å²) in [7, 11) is -2.04. The van der Waals surface area contributed by atoms with E-state index >= 15 is 0 Å². The Kier molecular flexibility index (Phi) is 3.72. The van der Waals surface area contributed by atoms with E-state index in [0.29, 0.717) is 27.4 Å². The van der Waals surface area contributed by atoms with Gasteiger partial charge in [0, 0.05) is 12.7 Å². The average molecular weight is 290 g/mol. The molecule has 0 spiro atoms. The number of hydrogen-bond acceptors (Lipinski definition) is 3. The molecule has 0 radical (unpaired) electrons. The lowest BCUT2D eigenvalue weighted by Gasteiger charge is -2.22. The van der Waals surface area contributed by atoms with Gasteiger partial charge in [-0.1, -0.05) is 18.2 Å². The summed E-state index contributed by atoms with van der Waals surface area (Å²) in [5.74, 6) is 0. The van der Waals surface area contributed by atoms with Gasteiger partial charge in [0.05, 0.1) is 10.6 Å². The Labute approximate surface area is 119 Å². The molecule has 2 N–H and O–H groups in total. The molecule has 20 heavy (non-hydrogen) atoms. The van der Waals surface area contributed by atoms with Gasteiger partial charge in [-0.25, -0.2) is 8.42 Å². The van der Waals surface area contributed by atoms with Crippen molar-refractivity contribution in [2.75, 3.05) is 17.1 Å². The number of nitrogens with zero attached hydrogens (tertiary/aromatic N) is 1. The molecule has 0 heterocycles.